The van der Waals surface area contributed by atoms with Gasteiger partial charge in [-0.1, -0.05) is 31.4 Å². The molecular weight excluding hydrogens is 282 g/mol. The molecule has 4 nitrogen and oxygen atoms in total. The SMILES string of the molecule is CCC1CCC(C(O)c2c(Br)nnn2C)CC1. The first-order chi connectivity index (χ1) is 8.13. The molecule has 0 aromatic carbocycles. The van der Waals surface area contributed by atoms with Crippen LogP contribution in [0, 0.1) is 11.8 Å². The first-order valence-corrected chi connectivity index (χ1v) is 7.15. The third-order valence-corrected chi connectivity index (χ3v) is 4.59. The van der Waals surface area contributed by atoms with Crippen molar-refractivity contribution in [3.63, 3.8) is 0 Å². The number of aromatic nitrogens is 3. The lowest BCUT2D eigenvalue weighted by molar-refractivity contribution is 0.0659. The van der Waals surface area contributed by atoms with Crippen molar-refractivity contribution < 1.29 is 5.11 Å². The second-order valence-corrected chi connectivity index (χ2v) is 5.77. The van der Waals surface area contributed by atoms with Gasteiger partial charge >= 0.3 is 0 Å². The lowest BCUT2D eigenvalue weighted by atomic mass is 9.78. The Hall–Kier alpha value is -0.420. The Morgan fingerprint density at radius 2 is 2.06 bits per heavy atom. The zero-order chi connectivity index (χ0) is 12.4. The molecule has 0 radical (unpaired) electrons. The molecule has 0 saturated heterocycles. The summed E-state index contributed by atoms with van der Waals surface area (Å²) in [7, 11) is 1.83. The van der Waals surface area contributed by atoms with Gasteiger partial charge in [-0.25, -0.2) is 4.68 Å². The van der Waals surface area contributed by atoms with Crippen LogP contribution in [0.2, 0.25) is 0 Å². The first-order valence-electron chi connectivity index (χ1n) is 6.36. The van der Waals surface area contributed by atoms with E-state index < -0.39 is 6.10 Å². The topological polar surface area (TPSA) is 50.9 Å². The minimum atomic E-state index is -0.442. The van der Waals surface area contributed by atoms with Gasteiger partial charge in [-0.15, -0.1) is 5.10 Å². The van der Waals surface area contributed by atoms with E-state index in [0.29, 0.717) is 10.5 Å². The van der Waals surface area contributed by atoms with Gasteiger partial charge in [-0.3, -0.25) is 0 Å². The molecule has 1 unspecified atom stereocenters. The van der Waals surface area contributed by atoms with Crippen LogP contribution in [-0.4, -0.2) is 20.1 Å². The molecule has 1 atom stereocenters. The fraction of sp³-hybridized carbons (Fsp3) is 0.833. The molecular formula is C12H20BrN3O. The van der Waals surface area contributed by atoms with E-state index in [-0.39, 0.29) is 0 Å². The van der Waals surface area contributed by atoms with Gasteiger partial charge in [0.2, 0.25) is 0 Å². The van der Waals surface area contributed by atoms with E-state index >= 15 is 0 Å². The van der Waals surface area contributed by atoms with Gasteiger partial charge in [-0.05, 0) is 40.6 Å². The second kappa shape index (κ2) is 5.48. The molecule has 1 saturated carbocycles. The molecule has 1 aliphatic rings. The summed E-state index contributed by atoms with van der Waals surface area (Å²) in [5.74, 6) is 1.21. The maximum Gasteiger partial charge on any atom is 0.154 e. The minimum Gasteiger partial charge on any atom is -0.386 e. The molecule has 1 heterocycles. The van der Waals surface area contributed by atoms with Gasteiger partial charge in [0.15, 0.2) is 4.60 Å². The van der Waals surface area contributed by atoms with Gasteiger partial charge in [0.05, 0.1) is 0 Å². The van der Waals surface area contributed by atoms with Crippen LogP contribution in [0.15, 0.2) is 4.60 Å². The quantitative estimate of drug-likeness (QED) is 0.934. The van der Waals surface area contributed by atoms with E-state index in [1.165, 1.54) is 19.3 Å². The summed E-state index contributed by atoms with van der Waals surface area (Å²) in [6.07, 6.45) is 5.51. The zero-order valence-corrected chi connectivity index (χ0v) is 12.0. The highest BCUT2D eigenvalue weighted by Crippen LogP contribution is 2.38. The smallest absolute Gasteiger partial charge is 0.154 e. The number of hydrogen-bond donors (Lipinski definition) is 1. The molecule has 1 N–H and O–H groups in total. The van der Waals surface area contributed by atoms with Gasteiger partial charge in [0, 0.05) is 7.05 Å². The van der Waals surface area contributed by atoms with Crippen molar-refractivity contribution in [2.75, 3.05) is 0 Å². The molecule has 2 rings (SSSR count). The van der Waals surface area contributed by atoms with E-state index in [1.807, 2.05) is 7.05 Å². The van der Waals surface area contributed by atoms with E-state index in [9.17, 15) is 5.11 Å². The number of aryl methyl sites for hydroxylation is 1. The minimum absolute atomic E-state index is 0.353. The van der Waals surface area contributed by atoms with E-state index in [2.05, 4.69) is 33.2 Å². The fourth-order valence-electron chi connectivity index (χ4n) is 2.79. The summed E-state index contributed by atoms with van der Waals surface area (Å²) in [6, 6.07) is 0. The third-order valence-electron chi connectivity index (χ3n) is 4.02. The predicted octanol–water partition coefficient (Wildman–Crippen LogP) is 2.83. The van der Waals surface area contributed by atoms with Crippen molar-refractivity contribution in [2.45, 2.75) is 45.1 Å². The molecule has 17 heavy (non-hydrogen) atoms. The van der Waals surface area contributed by atoms with Crippen molar-refractivity contribution in [3.05, 3.63) is 10.3 Å². The molecule has 1 aromatic heterocycles. The average Bonchev–Trinajstić information content (AvgIpc) is 2.68. The Morgan fingerprint density at radius 3 is 2.53 bits per heavy atom. The van der Waals surface area contributed by atoms with Crippen molar-refractivity contribution in [1.29, 1.82) is 0 Å². The van der Waals surface area contributed by atoms with E-state index in [4.69, 9.17) is 0 Å². The van der Waals surface area contributed by atoms with Crippen LogP contribution in [0.4, 0.5) is 0 Å². The Morgan fingerprint density at radius 1 is 1.41 bits per heavy atom. The molecule has 0 amide bonds. The van der Waals surface area contributed by atoms with Crippen LogP contribution in [-0.2, 0) is 7.05 Å². The molecule has 1 aliphatic carbocycles. The number of aliphatic hydroxyl groups excluding tert-OH is 1. The number of rotatable bonds is 3. The summed E-state index contributed by atoms with van der Waals surface area (Å²) in [5.41, 5.74) is 0.810. The number of halogens is 1. The Labute approximate surface area is 111 Å². The van der Waals surface area contributed by atoms with Crippen molar-refractivity contribution in [1.82, 2.24) is 15.0 Å². The predicted molar refractivity (Wildman–Crippen MR) is 69.4 cm³/mol. The Kier molecular flexibility index (Phi) is 4.20. The monoisotopic (exact) mass is 301 g/mol. The van der Waals surface area contributed by atoms with Crippen LogP contribution in [0.5, 0.6) is 0 Å². The van der Waals surface area contributed by atoms with Crippen LogP contribution >= 0.6 is 15.9 Å². The number of aliphatic hydroxyl groups is 1. The van der Waals surface area contributed by atoms with Crippen LogP contribution in [0.1, 0.15) is 50.8 Å². The Balaban J connectivity index is 2.04. The van der Waals surface area contributed by atoms with Gasteiger partial charge < -0.3 is 5.11 Å². The summed E-state index contributed by atoms with van der Waals surface area (Å²) in [5, 5.41) is 18.3. The molecule has 1 aromatic rings. The first kappa shape index (κ1) is 13.0. The van der Waals surface area contributed by atoms with Crippen LogP contribution in [0.3, 0.4) is 0 Å². The second-order valence-electron chi connectivity index (χ2n) is 5.02. The molecule has 1 fully saturated rings. The number of hydrogen-bond acceptors (Lipinski definition) is 3. The maximum atomic E-state index is 10.4. The summed E-state index contributed by atoms with van der Waals surface area (Å²) < 4.78 is 2.34. The standard InChI is InChI=1S/C12H20BrN3O/c1-3-8-4-6-9(7-5-8)11(17)10-12(13)14-15-16(10)2/h8-9,11,17H,3-7H2,1-2H3. The van der Waals surface area contributed by atoms with Gasteiger partial charge in [0.1, 0.15) is 11.8 Å². The highest BCUT2D eigenvalue weighted by molar-refractivity contribution is 9.10. The largest absolute Gasteiger partial charge is 0.386 e. The highest BCUT2D eigenvalue weighted by atomic mass is 79.9. The number of nitrogens with zero attached hydrogens (tertiary/aromatic N) is 3. The lowest BCUT2D eigenvalue weighted by Crippen LogP contribution is -2.22. The third kappa shape index (κ3) is 2.71. The van der Waals surface area contributed by atoms with E-state index in [1.54, 1.807) is 4.68 Å². The highest BCUT2D eigenvalue weighted by Gasteiger charge is 2.30. The molecule has 0 spiro atoms. The van der Waals surface area contributed by atoms with Crippen molar-refractivity contribution >= 4 is 15.9 Å². The fourth-order valence-corrected chi connectivity index (χ4v) is 3.35. The average molecular weight is 302 g/mol. The van der Waals surface area contributed by atoms with Crippen molar-refractivity contribution in [3.8, 4) is 0 Å². The van der Waals surface area contributed by atoms with E-state index in [0.717, 1.165) is 24.5 Å². The van der Waals surface area contributed by atoms with Crippen LogP contribution in [0.25, 0.3) is 0 Å². The van der Waals surface area contributed by atoms with Gasteiger partial charge in [-0.2, -0.15) is 0 Å². The molecule has 96 valence electrons. The summed E-state index contributed by atoms with van der Waals surface area (Å²) in [6.45, 7) is 2.25. The van der Waals surface area contributed by atoms with Crippen molar-refractivity contribution in [2.24, 2.45) is 18.9 Å². The normalized spacial score (nSPS) is 27.1. The lowest BCUT2D eigenvalue weighted by Gasteiger charge is -2.30. The molecule has 0 bridgehead atoms. The summed E-state index contributed by atoms with van der Waals surface area (Å²) in [4.78, 5) is 0. The Bertz CT molecular complexity index is 352. The molecule has 0 aliphatic heterocycles. The zero-order valence-electron chi connectivity index (χ0n) is 10.4. The maximum absolute atomic E-state index is 10.4. The van der Waals surface area contributed by atoms with Gasteiger partial charge in [0.25, 0.3) is 0 Å². The van der Waals surface area contributed by atoms with Crippen LogP contribution < -0.4 is 0 Å². The summed E-state index contributed by atoms with van der Waals surface area (Å²) >= 11 is 3.36. The molecule has 5 heteroatoms.